The Morgan fingerprint density at radius 3 is 2.82 bits per heavy atom. The molecule has 17 heavy (non-hydrogen) atoms. The van der Waals surface area contributed by atoms with E-state index >= 15 is 0 Å². The van der Waals surface area contributed by atoms with E-state index in [0.29, 0.717) is 0 Å². The van der Waals surface area contributed by atoms with E-state index in [1.54, 1.807) is 6.92 Å². The number of carboxylic acid groups (broad SMARTS) is 1. The molecule has 4 nitrogen and oxygen atoms in total. The Kier molecular flexibility index (Phi) is 2.88. The van der Waals surface area contributed by atoms with Crippen LogP contribution in [-0.4, -0.2) is 20.9 Å². The lowest BCUT2D eigenvalue weighted by Crippen LogP contribution is -2.07. The van der Waals surface area contributed by atoms with E-state index in [1.165, 1.54) is 0 Å². The summed E-state index contributed by atoms with van der Waals surface area (Å²) in [7, 11) is 1.89. The van der Waals surface area contributed by atoms with E-state index in [2.05, 4.69) is 12.0 Å². The van der Waals surface area contributed by atoms with E-state index in [1.807, 2.05) is 29.9 Å². The minimum Gasteiger partial charge on any atom is -0.481 e. The highest BCUT2D eigenvalue weighted by atomic mass is 16.4. The Morgan fingerprint density at radius 1 is 1.53 bits per heavy atom. The van der Waals surface area contributed by atoms with Crippen LogP contribution in [0.15, 0.2) is 18.2 Å². The van der Waals surface area contributed by atoms with Crippen molar-refractivity contribution in [3.8, 4) is 0 Å². The topological polar surface area (TPSA) is 55.1 Å². The molecule has 0 saturated heterocycles. The Balaban J connectivity index is 2.58. The maximum absolute atomic E-state index is 11.0. The number of benzene rings is 1. The largest absolute Gasteiger partial charge is 0.481 e. The molecule has 0 amide bonds. The van der Waals surface area contributed by atoms with Gasteiger partial charge < -0.3 is 5.11 Å². The second kappa shape index (κ2) is 4.20. The zero-order valence-electron chi connectivity index (χ0n) is 10.3. The van der Waals surface area contributed by atoms with Gasteiger partial charge in [-0.25, -0.2) is 0 Å². The van der Waals surface area contributed by atoms with Crippen LogP contribution < -0.4 is 0 Å². The van der Waals surface area contributed by atoms with Crippen molar-refractivity contribution in [2.24, 2.45) is 7.05 Å². The van der Waals surface area contributed by atoms with Gasteiger partial charge >= 0.3 is 5.97 Å². The fraction of sp³-hybridized carbons (Fsp3) is 0.385. The lowest BCUT2D eigenvalue weighted by molar-refractivity contribution is -0.138. The third kappa shape index (κ3) is 1.90. The molecule has 1 aromatic heterocycles. The van der Waals surface area contributed by atoms with Crippen molar-refractivity contribution in [2.75, 3.05) is 0 Å². The predicted molar refractivity (Wildman–Crippen MR) is 66.1 cm³/mol. The first-order chi connectivity index (χ1) is 8.04. The Hall–Kier alpha value is -1.84. The maximum atomic E-state index is 11.0. The monoisotopic (exact) mass is 232 g/mol. The maximum Gasteiger partial charge on any atom is 0.310 e. The molecule has 2 rings (SSSR count). The molecule has 1 heterocycles. The molecule has 0 aliphatic rings. The zero-order valence-corrected chi connectivity index (χ0v) is 10.3. The van der Waals surface area contributed by atoms with E-state index in [0.717, 1.165) is 28.6 Å². The molecule has 0 spiro atoms. The molecule has 1 atom stereocenters. The van der Waals surface area contributed by atoms with Gasteiger partial charge in [0.25, 0.3) is 0 Å². The summed E-state index contributed by atoms with van der Waals surface area (Å²) in [6, 6.07) is 5.76. The van der Waals surface area contributed by atoms with E-state index in [-0.39, 0.29) is 0 Å². The lowest BCUT2D eigenvalue weighted by atomic mass is 9.99. The van der Waals surface area contributed by atoms with Crippen LogP contribution in [0.3, 0.4) is 0 Å². The van der Waals surface area contributed by atoms with Crippen molar-refractivity contribution in [3.63, 3.8) is 0 Å². The number of carboxylic acids is 1. The Morgan fingerprint density at radius 2 is 2.24 bits per heavy atom. The first-order valence-electron chi connectivity index (χ1n) is 5.73. The van der Waals surface area contributed by atoms with Gasteiger partial charge in [-0.3, -0.25) is 9.48 Å². The molecule has 2 aromatic rings. The van der Waals surface area contributed by atoms with E-state index in [9.17, 15) is 4.79 Å². The summed E-state index contributed by atoms with van der Waals surface area (Å²) in [6.07, 6.45) is 0.880. The number of fused-ring (bicyclic) bond motifs is 1. The SMILES string of the molecule is CCc1nn(C)c2cc(C(C)C(=O)O)ccc12. The molecule has 4 heteroatoms. The molecule has 1 unspecified atom stereocenters. The second-order valence-corrected chi connectivity index (χ2v) is 4.26. The smallest absolute Gasteiger partial charge is 0.310 e. The van der Waals surface area contributed by atoms with Crippen LogP contribution >= 0.6 is 0 Å². The number of hydrogen-bond acceptors (Lipinski definition) is 2. The van der Waals surface area contributed by atoms with Crippen molar-refractivity contribution in [1.82, 2.24) is 9.78 Å². The average molecular weight is 232 g/mol. The highest BCUT2D eigenvalue weighted by Gasteiger charge is 2.15. The third-order valence-electron chi connectivity index (χ3n) is 3.16. The summed E-state index contributed by atoms with van der Waals surface area (Å²) in [4.78, 5) is 11.0. The van der Waals surface area contributed by atoms with Crippen LogP contribution in [0.5, 0.6) is 0 Å². The van der Waals surface area contributed by atoms with Gasteiger partial charge in [-0.2, -0.15) is 5.10 Å². The first-order valence-corrected chi connectivity index (χ1v) is 5.73. The highest BCUT2D eigenvalue weighted by Crippen LogP contribution is 2.24. The first kappa shape index (κ1) is 11.6. The van der Waals surface area contributed by atoms with Crippen molar-refractivity contribution >= 4 is 16.9 Å². The molecule has 0 bridgehead atoms. The van der Waals surface area contributed by atoms with Gasteiger partial charge in [0, 0.05) is 12.4 Å². The van der Waals surface area contributed by atoms with Crippen molar-refractivity contribution in [3.05, 3.63) is 29.5 Å². The summed E-state index contributed by atoms with van der Waals surface area (Å²) in [5, 5.41) is 14.5. The normalized spacial score (nSPS) is 12.9. The average Bonchev–Trinajstić information content (AvgIpc) is 2.64. The number of nitrogens with zero attached hydrogens (tertiary/aromatic N) is 2. The number of aromatic nitrogens is 2. The number of rotatable bonds is 3. The molecule has 90 valence electrons. The van der Waals surface area contributed by atoms with Gasteiger partial charge in [0.15, 0.2) is 0 Å². The van der Waals surface area contributed by atoms with Crippen LogP contribution in [-0.2, 0) is 18.3 Å². The quantitative estimate of drug-likeness (QED) is 0.883. The lowest BCUT2D eigenvalue weighted by Gasteiger charge is -2.06. The van der Waals surface area contributed by atoms with Gasteiger partial charge in [-0.1, -0.05) is 19.1 Å². The number of carbonyl (C=O) groups is 1. The van der Waals surface area contributed by atoms with E-state index < -0.39 is 11.9 Å². The predicted octanol–water partition coefficient (Wildman–Crippen LogP) is 2.32. The summed E-state index contributed by atoms with van der Waals surface area (Å²) in [5.41, 5.74) is 2.86. The van der Waals surface area contributed by atoms with Gasteiger partial charge in [-0.15, -0.1) is 0 Å². The van der Waals surface area contributed by atoms with Crippen LogP contribution in [0.4, 0.5) is 0 Å². The fourth-order valence-electron chi connectivity index (χ4n) is 2.02. The van der Waals surface area contributed by atoms with E-state index in [4.69, 9.17) is 5.11 Å². The molecule has 0 saturated carbocycles. The second-order valence-electron chi connectivity index (χ2n) is 4.26. The molecular weight excluding hydrogens is 216 g/mol. The molecule has 1 aromatic carbocycles. The molecule has 1 N–H and O–H groups in total. The standard InChI is InChI=1S/C13H16N2O2/c1-4-11-10-6-5-9(8(2)13(16)17)7-12(10)15(3)14-11/h5-8H,4H2,1-3H3,(H,16,17). The summed E-state index contributed by atoms with van der Waals surface area (Å²) in [6.45, 7) is 3.76. The Bertz CT molecular complexity index is 572. The van der Waals surface area contributed by atoms with Crippen LogP contribution in [0.2, 0.25) is 0 Å². The van der Waals surface area contributed by atoms with Crippen molar-refractivity contribution < 1.29 is 9.90 Å². The van der Waals surface area contributed by atoms with Gasteiger partial charge in [0.2, 0.25) is 0 Å². The molecule has 0 fully saturated rings. The van der Waals surface area contributed by atoms with Crippen LogP contribution in [0, 0.1) is 0 Å². The minimum atomic E-state index is -0.803. The number of aliphatic carboxylic acids is 1. The van der Waals surface area contributed by atoms with Gasteiger partial charge in [-0.05, 0) is 25.0 Å². The molecule has 0 aliphatic carbocycles. The fourth-order valence-corrected chi connectivity index (χ4v) is 2.02. The summed E-state index contributed by atoms with van der Waals surface area (Å²) >= 11 is 0. The Labute approximate surface area is 99.9 Å². The third-order valence-corrected chi connectivity index (χ3v) is 3.16. The zero-order chi connectivity index (χ0) is 12.6. The highest BCUT2D eigenvalue weighted by molar-refractivity contribution is 5.85. The van der Waals surface area contributed by atoms with Gasteiger partial charge in [0.05, 0.1) is 17.1 Å². The molecular formula is C13H16N2O2. The molecule has 0 aliphatic heterocycles. The van der Waals surface area contributed by atoms with Crippen LogP contribution in [0.25, 0.3) is 10.9 Å². The number of hydrogen-bond donors (Lipinski definition) is 1. The van der Waals surface area contributed by atoms with Crippen molar-refractivity contribution in [2.45, 2.75) is 26.2 Å². The van der Waals surface area contributed by atoms with Crippen LogP contribution in [0.1, 0.15) is 31.0 Å². The summed E-state index contributed by atoms with van der Waals surface area (Å²) < 4.78 is 1.81. The summed E-state index contributed by atoms with van der Waals surface area (Å²) in [5.74, 6) is -1.29. The minimum absolute atomic E-state index is 0.487. The van der Waals surface area contributed by atoms with Gasteiger partial charge in [0.1, 0.15) is 0 Å². The molecule has 0 radical (unpaired) electrons. The number of aryl methyl sites for hydroxylation is 2. The van der Waals surface area contributed by atoms with Crippen molar-refractivity contribution in [1.29, 1.82) is 0 Å².